The lowest BCUT2D eigenvalue weighted by atomic mass is 10.0. The van der Waals surface area contributed by atoms with Gasteiger partial charge in [-0.1, -0.05) is 6.42 Å². The van der Waals surface area contributed by atoms with Crippen molar-refractivity contribution < 1.29 is 13.5 Å². The zero-order valence-corrected chi connectivity index (χ0v) is 10.3. The molecule has 0 aromatic carbocycles. The fraction of sp³-hybridized carbons (Fsp3) is 0.583. The summed E-state index contributed by atoms with van der Waals surface area (Å²) < 4.78 is 31.6. The van der Waals surface area contributed by atoms with Gasteiger partial charge in [-0.25, -0.2) is 8.78 Å². The number of piperidine rings is 1. The molecule has 18 heavy (non-hydrogen) atoms. The SMILES string of the molecule is CN1CCCCC1COc1nc(N)c(F)cc1F. The molecule has 1 aliphatic heterocycles. The van der Waals surface area contributed by atoms with Crippen LogP contribution in [0.1, 0.15) is 19.3 Å². The third-order valence-corrected chi connectivity index (χ3v) is 3.26. The fourth-order valence-electron chi connectivity index (χ4n) is 2.09. The van der Waals surface area contributed by atoms with Crippen molar-refractivity contribution in [3.8, 4) is 5.88 Å². The first-order valence-electron chi connectivity index (χ1n) is 6.02. The van der Waals surface area contributed by atoms with Crippen molar-refractivity contribution in [2.75, 3.05) is 25.9 Å². The molecular formula is C12H17F2N3O. The number of likely N-dealkylation sites (N-methyl/N-ethyl adjacent to an activating group) is 1. The molecule has 2 rings (SSSR count). The molecule has 2 N–H and O–H groups in total. The second-order valence-electron chi connectivity index (χ2n) is 4.58. The van der Waals surface area contributed by atoms with E-state index in [-0.39, 0.29) is 17.7 Å². The normalized spacial score (nSPS) is 20.9. The van der Waals surface area contributed by atoms with Gasteiger partial charge in [-0.15, -0.1) is 0 Å². The summed E-state index contributed by atoms with van der Waals surface area (Å²) in [6, 6.07) is 0.939. The summed E-state index contributed by atoms with van der Waals surface area (Å²) in [5.41, 5.74) is 5.28. The number of likely N-dealkylation sites (tertiary alicyclic amines) is 1. The van der Waals surface area contributed by atoms with Crippen LogP contribution >= 0.6 is 0 Å². The summed E-state index contributed by atoms with van der Waals surface area (Å²) in [5, 5.41) is 0. The molecule has 1 aromatic heterocycles. The summed E-state index contributed by atoms with van der Waals surface area (Å²) >= 11 is 0. The Balaban J connectivity index is 1.99. The van der Waals surface area contributed by atoms with Crippen LogP contribution in [0.2, 0.25) is 0 Å². The van der Waals surface area contributed by atoms with Gasteiger partial charge >= 0.3 is 0 Å². The molecule has 0 spiro atoms. The number of anilines is 1. The molecule has 4 nitrogen and oxygen atoms in total. The Hall–Kier alpha value is -1.43. The van der Waals surface area contributed by atoms with Crippen LogP contribution in [0.15, 0.2) is 6.07 Å². The first kappa shape index (κ1) is 13.0. The van der Waals surface area contributed by atoms with Gasteiger partial charge in [0.1, 0.15) is 6.61 Å². The average Bonchev–Trinajstić information content (AvgIpc) is 2.34. The molecule has 0 saturated carbocycles. The molecule has 0 aliphatic carbocycles. The zero-order chi connectivity index (χ0) is 13.1. The van der Waals surface area contributed by atoms with Gasteiger partial charge in [0.15, 0.2) is 17.5 Å². The molecule has 1 atom stereocenters. The highest BCUT2D eigenvalue weighted by atomic mass is 19.1. The first-order valence-corrected chi connectivity index (χ1v) is 6.02. The maximum Gasteiger partial charge on any atom is 0.252 e. The molecule has 6 heteroatoms. The topological polar surface area (TPSA) is 51.4 Å². The number of hydrogen-bond acceptors (Lipinski definition) is 4. The highest BCUT2D eigenvalue weighted by Crippen LogP contribution is 2.21. The Labute approximate surface area is 105 Å². The van der Waals surface area contributed by atoms with Gasteiger partial charge in [-0.3, -0.25) is 0 Å². The van der Waals surface area contributed by atoms with Crippen LogP contribution < -0.4 is 10.5 Å². The molecule has 1 fully saturated rings. The molecule has 1 saturated heterocycles. The van der Waals surface area contributed by atoms with E-state index in [0.29, 0.717) is 12.7 Å². The number of halogens is 2. The Kier molecular flexibility index (Phi) is 3.96. The number of nitrogens with zero attached hydrogens (tertiary/aromatic N) is 2. The highest BCUT2D eigenvalue weighted by Gasteiger charge is 2.20. The van der Waals surface area contributed by atoms with Crippen LogP contribution in [0.4, 0.5) is 14.6 Å². The van der Waals surface area contributed by atoms with Gasteiger partial charge in [0.05, 0.1) is 0 Å². The minimum Gasteiger partial charge on any atom is -0.474 e. The number of rotatable bonds is 3. The fourth-order valence-corrected chi connectivity index (χ4v) is 2.09. The summed E-state index contributed by atoms with van der Waals surface area (Å²) in [5.74, 6) is -2.26. The van der Waals surface area contributed by atoms with E-state index < -0.39 is 11.6 Å². The van der Waals surface area contributed by atoms with Crippen molar-refractivity contribution in [2.45, 2.75) is 25.3 Å². The number of nitrogen functional groups attached to an aromatic ring is 1. The van der Waals surface area contributed by atoms with E-state index in [0.717, 1.165) is 19.4 Å². The molecule has 1 unspecified atom stereocenters. The van der Waals surface area contributed by atoms with Gasteiger partial charge in [-0.05, 0) is 26.4 Å². The predicted molar refractivity (Wildman–Crippen MR) is 64.3 cm³/mol. The third-order valence-electron chi connectivity index (χ3n) is 3.26. The molecule has 0 bridgehead atoms. The summed E-state index contributed by atoms with van der Waals surface area (Å²) in [6.07, 6.45) is 3.32. The van der Waals surface area contributed by atoms with Crippen LogP contribution in [0, 0.1) is 11.6 Å². The van der Waals surface area contributed by atoms with Gasteiger partial charge < -0.3 is 15.4 Å². The van der Waals surface area contributed by atoms with Crippen molar-refractivity contribution in [2.24, 2.45) is 0 Å². The Bertz CT molecular complexity index is 428. The minimum atomic E-state index is -0.866. The number of aromatic nitrogens is 1. The Morgan fingerprint density at radius 3 is 2.94 bits per heavy atom. The number of nitrogens with two attached hydrogens (primary N) is 1. The van der Waals surface area contributed by atoms with E-state index in [2.05, 4.69) is 9.88 Å². The lowest BCUT2D eigenvalue weighted by Gasteiger charge is -2.31. The lowest BCUT2D eigenvalue weighted by molar-refractivity contribution is 0.120. The van der Waals surface area contributed by atoms with E-state index in [4.69, 9.17) is 10.5 Å². The number of hydrogen-bond donors (Lipinski definition) is 1. The van der Waals surface area contributed by atoms with E-state index in [9.17, 15) is 8.78 Å². The maximum absolute atomic E-state index is 13.4. The average molecular weight is 257 g/mol. The first-order chi connectivity index (χ1) is 8.58. The number of pyridine rings is 1. The molecule has 0 radical (unpaired) electrons. The number of ether oxygens (including phenoxy) is 1. The van der Waals surface area contributed by atoms with Gasteiger partial charge in [-0.2, -0.15) is 4.98 Å². The lowest BCUT2D eigenvalue weighted by Crippen LogP contribution is -2.40. The zero-order valence-electron chi connectivity index (χ0n) is 10.3. The smallest absolute Gasteiger partial charge is 0.252 e. The summed E-state index contributed by atoms with van der Waals surface area (Å²) in [6.45, 7) is 1.35. The molecule has 100 valence electrons. The van der Waals surface area contributed by atoms with Gasteiger partial charge in [0.2, 0.25) is 0 Å². The van der Waals surface area contributed by atoms with E-state index in [1.807, 2.05) is 7.05 Å². The summed E-state index contributed by atoms with van der Waals surface area (Å²) in [4.78, 5) is 5.74. The Morgan fingerprint density at radius 1 is 1.44 bits per heavy atom. The molecule has 1 aromatic rings. The minimum absolute atomic E-state index is 0.229. The van der Waals surface area contributed by atoms with Crippen LogP contribution in [0.25, 0.3) is 0 Å². The quantitative estimate of drug-likeness (QED) is 0.897. The second kappa shape index (κ2) is 5.48. The van der Waals surface area contributed by atoms with Crippen LogP contribution in [0.3, 0.4) is 0 Å². The van der Waals surface area contributed by atoms with Gasteiger partial charge in [0, 0.05) is 12.1 Å². The third kappa shape index (κ3) is 2.87. The van der Waals surface area contributed by atoms with E-state index in [1.165, 1.54) is 6.42 Å². The van der Waals surface area contributed by atoms with Crippen molar-refractivity contribution in [1.82, 2.24) is 9.88 Å². The molecular weight excluding hydrogens is 240 g/mol. The van der Waals surface area contributed by atoms with Crippen LogP contribution in [0.5, 0.6) is 5.88 Å². The van der Waals surface area contributed by atoms with Crippen molar-refractivity contribution in [3.05, 3.63) is 17.7 Å². The van der Waals surface area contributed by atoms with Crippen molar-refractivity contribution in [3.63, 3.8) is 0 Å². The van der Waals surface area contributed by atoms with E-state index in [1.54, 1.807) is 0 Å². The summed E-state index contributed by atoms with van der Waals surface area (Å²) in [7, 11) is 2.01. The van der Waals surface area contributed by atoms with Crippen molar-refractivity contribution in [1.29, 1.82) is 0 Å². The predicted octanol–water partition coefficient (Wildman–Crippen LogP) is 1.81. The van der Waals surface area contributed by atoms with Crippen LogP contribution in [-0.2, 0) is 0 Å². The standard InChI is InChI=1S/C12H17F2N3O/c1-17-5-3-2-4-8(17)7-18-12-10(14)6-9(13)11(15)16-12/h6,8H,2-5,7H2,1H3,(H2,15,16). The molecule has 2 heterocycles. The van der Waals surface area contributed by atoms with E-state index >= 15 is 0 Å². The Morgan fingerprint density at radius 2 is 2.22 bits per heavy atom. The highest BCUT2D eigenvalue weighted by molar-refractivity contribution is 5.34. The van der Waals surface area contributed by atoms with Crippen molar-refractivity contribution >= 4 is 5.82 Å². The monoisotopic (exact) mass is 257 g/mol. The molecule has 0 amide bonds. The molecule has 1 aliphatic rings. The van der Waals surface area contributed by atoms with Gasteiger partial charge in [0.25, 0.3) is 5.88 Å². The largest absolute Gasteiger partial charge is 0.474 e. The van der Waals surface area contributed by atoms with Crippen LogP contribution in [-0.4, -0.2) is 36.1 Å². The second-order valence-corrected chi connectivity index (χ2v) is 4.58. The maximum atomic E-state index is 13.4.